The van der Waals surface area contributed by atoms with Gasteiger partial charge in [0.15, 0.2) is 11.2 Å². The summed E-state index contributed by atoms with van der Waals surface area (Å²) in [7, 11) is -3.29. The summed E-state index contributed by atoms with van der Waals surface area (Å²) in [6.45, 7) is 1.15. The lowest BCUT2D eigenvalue weighted by Gasteiger charge is -2.30. The van der Waals surface area contributed by atoms with Crippen LogP contribution >= 0.6 is 11.6 Å². The topological polar surface area (TPSA) is 114 Å². The van der Waals surface area contributed by atoms with Gasteiger partial charge in [0.1, 0.15) is 5.82 Å². The molecule has 28 heavy (non-hydrogen) atoms. The molecule has 1 N–H and O–H groups in total. The van der Waals surface area contributed by atoms with Crippen LogP contribution in [0, 0.1) is 0 Å². The highest BCUT2D eigenvalue weighted by Crippen LogP contribution is 2.26. The molecule has 0 bridgehead atoms. The van der Waals surface area contributed by atoms with Gasteiger partial charge in [-0.1, -0.05) is 28.9 Å². The van der Waals surface area contributed by atoms with Crippen LogP contribution in [0.2, 0.25) is 5.02 Å². The molecule has 1 fully saturated rings. The maximum atomic E-state index is 12.5. The summed E-state index contributed by atoms with van der Waals surface area (Å²) in [4.78, 5) is 19.8. The van der Waals surface area contributed by atoms with Crippen molar-refractivity contribution < 1.29 is 8.42 Å². The predicted octanol–water partition coefficient (Wildman–Crippen LogP) is 1.36. The number of sulfonamides is 1. The third-order valence-corrected chi connectivity index (χ3v) is 6.36. The van der Waals surface area contributed by atoms with E-state index in [4.69, 9.17) is 11.6 Å². The van der Waals surface area contributed by atoms with E-state index in [2.05, 4.69) is 20.3 Å². The van der Waals surface area contributed by atoms with Crippen LogP contribution in [-0.2, 0) is 16.6 Å². The van der Waals surface area contributed by atoms with Gasteiger partial charge in [-0.15, -0.1) is 5.10 Å². The SMILES string of the molecule is CS(=O)(=O)N1CCC[C@H](c2nc3c(nnn3Cc3cccc(Cl)c3)c(=O)[nH]2)C1. The maximum absolute atomic E-state index is 12.5. The van der Waals surface area contributed by atoms with Crippen LogP contribution in [0.1, 0.15) is 30.1 Å². The van der Waals surface area contributed by atoms with Crippen LogP contribution in [-0.4, -0.2) is 57.0 Å². The number of hydrogen-bond acceptors (Lipinski definition) is 6. The van der Waals surface area contributed by atoms with E-state index in [1.807, 2.05) is 18.2 Å². The van der Waals surface area contributed by atoms with Gasteiger partial charge >= 0.3 is 0 Å². The molecule has 0 spiro atoms. The second kappa shape index (κ2) is 7.26. The molecule has 148 valence electrons. The highest BCUT2D eigenvalue weighted by Gasteiger charge is 2.29. The lowest BCUT2D eigenvalue weighted by Crippen LogP contribution is -2.39. The molecule has 4 rings (SSSR count). The first-order chi connectivity index (χ1) is 13.3. The summed E-state index contributed by atoms with van der Waals surface area (Å²) in [6.07, 6.45) is 2.65. The number of rotatable bonds is 4. The zero-order valence-electron chi connectivity index (χ0n) is 15.2. The predicted molar refractivity (Wildman–Crippen MR) is 105 cm³/mol. The van der Waals surface area contributed by atoms with E-state index in [1.54, 1.807) is 10.7 Å². The average Bonchev–Trinajstić information content (AvgIpc) is 3.04. The molecule has 0 aliphatic carbocycles. The first kappa shape index (κ1) is 19.0. The van der Waals surface area contributed by atoms with Gasteiger partial charge in [0.25, 0.3) is 5.56 Å². The molecular formula is C17H19ClN6O3S. The number of halogens is 1. The number of fused-ring (bicyclic) bond motifs is 1. The van der Waals surface area contributed by atoms with Crippen molar-refractivity contribution in [3.8, 4) is 0 Å². The van der Waals surface area contributed by atoms with Crippen LogP contribution in [0.5, 0.6) is 0 Å². The van der Waals surface area contributed by atoms with E-state index in [0.717, 1.165) is 12.0 Å². The fraction of sp³-hybridized carbons (Fsp3) is 0.412. The number of nitrogens with zero attached hydrogens (tertiary/aromatic N) is 5. The summed E-state index contributed by atoms with van der Waals surface area (Å²) in [6, 6.07) is 7.33. The van der Waals surface area contributed by atoms with E-state index in [0.29, 0.717) is 42.5 Å². The highest BCUT2D eigenvalue weighted by atomic mass is 35.5. The van der Waals surface area contributed by atoms with Crippen molar-refractivity contribution in [1.29, 1.82) is 0 Å². The molecule has 11 heteroatoms. The number of hydrogen-bond donors (Lipinski definition) is 1. The molecule has 1 saturated heterocycles. The quantitative estimate of drug-likeness (QED) is 0.678. The summed E-state index contributed by atoms with van der Waals surface area (Å²) < 4.78 is 26.7. The Kier molecular flexibility index (Phi) is 4.94. The van der Waals surface area contributed by atoms with Gasteiger partial charge in [-0.3, -0.25) is 4.79 Å². The Morgan fingerprint density at radius 2 is 2.18 bits per heavy atom. The minimum Gasteiger partial charge on any atom is -0.308 e. The molecule has 9 nitrogen and oxygen atoms in total. The maximum Gasteiger partial charge on any atom is 0.281 e. The monoisotopic (exact) mass is 422 g/mol. The van der Waals surface area contributed by atoms with E-state index in [9.17, 15) is 13.2 Å². The standard InChI is InChI=1S/C17H19ClN6O3S/c1-28(26,27)23-7-3-5-12(10-23)15-19-16-14(17(25)20-15)21-22-24(16)9-11-4-2-6-13(18)8-11/h2,4,6,8,12H,3,5,7,9-10H2,1H3,(H,19,20,25)/t12-/m0/s1. The summed E-state index contributed by atoms with van der Waals surface area (Å²) in [5.74, 6) is 0.274. The zero-order valence-corrected chi connectivity index (χ0v) is 16.7. The van der Waals surface area contributed by atoms with Gasteiger partial charge in [0.05, 0.1) is 12.8 Å². The van der Waals surface area contributed by atoms with Crippen LogP contribution < -0.4 is 5.56 Å². The average molecular weight is 423 g/mol. The molecule has 1 atom stereocenters. The summed E-state index contributed by atoms with van der Waals surface area (Å²) in [5, 5.41) is 8.61. The lowest BCUT2D eigenvalue weighted by molar-refractivity contribution is 0.311. The van der Waals surface area contributed by atoms with Crippen molar-refractivity contribution in [1.82, 2.24) is 29.3 Å². The lowest BCUT2D eigenvalue weighted by atomic mass is 9.99. The molecular weight excluding hydrogens is 404 g/mol. The first-order valence-electron chi connectivity index (χ1n) is 8.84. The Morgan fingerprint density at radius 1 is 1.36 bits per heavy atom. The minimum atomic E-state index is -3.29. The summed E-state index contributed by atoms with van der Waals surface area (Å²) >= 11 is 6.04. The van der Waals surface area contributed by atoms with Crippen LogP contribution in [0.25, 0.3) is 11.2 Å². The first-order valence-corrected chi connectivity index (χ1v) is 11.1. The fourth-order valence-corrected chi connectivity index (χ4v) is 4.58. The van der Waals surface area contributed by atoms with Gasteiger partial charge in [0.2, 0.25) is 10.0 Å². The number of aromatic amines is 1. The molecule has 3 heterocycles. The van der Waals surface area contributed by atoms with E-state index in [-0.39, 0.29) is 17.0 Å². The molecule has 0 radical (unpaired) electrons. The molecule has 2 aromatic heterocycles. The number of benzene rings is 1. The van der Waals surface area contributed by atoms with Gasteiger partial charge in [-0.2, -0.15) is 0 Å². The molecule has 1 aliphatic rings. The number of aromatic nitrogens is 5. The Morgan fingerprint density at radius 3 is 2.93 bits per heavy atom. The Bertz CT molecular complexity index is 1190. The number of H-pyrrole nitrogens is 1. The second-order valence-corrected chi connectivity index (χ2v) is 9.38. The van der Waals surface area contributed by atoms with Crippen molar-refractivity contribution >= 4 is 32.8 Å². The molecule has 0 amide bonds. The van der Waals surface area contributed by atoms with Crippen molar-refractivity contribution in [2.75, 3.05) is 19.3 Å². The second-order valence-electron chi connectivity index (χ2n) is 6.96. The fourth-order valence-electron chi connectivity index (χ4n) is 3.46. The largest absolute Gasteiger partial charge is 0.308 e. The van der Waals surface area contributed by atoms with Crippen LogP contribution in [0.4, 0.5) is 0 Å². The molecule has 0 unspecified atom stereocenters. The smallest absolute Gasteiger partial charge is 0.281 e. The molecule has 0 saturated carbocycles. The van der Waals surface area contributed by atoms with Crippen molar-refractivity contribution in [2.45, 2.75) is 25.3 Å². The van der Waals surface area contributed by atoms with Gasteiger partial charge in [-0.25, -0.2) is 22.4 Å². The molecule has 3 aromatic rings. The number of piperidine rings is 1. The van der Waals surface area contributed by atoms with Crippen molar-refractivity contribution in [3.63, 3.8) is 0 Å². The van der Waals surface area contributed by atoms with Crippen LogP contribution in [0.15, 0.2) is 29.1 Å². The molecule has 1 aliphatic heterocycles. The van der Waals surface area contributed by atoms with Crippen LogP contribution in [0.3, 0.4) is 0 Å². The van der Waals surface area contributed by atoms with Crippen molar-refractivity contribution in [2.24, 2.45) is 0 Å². The third kappa shape index (κ3) is 3.80. The van der Waals surface area contributed by atoms with E-state index < -0.39 is 10.0 Å². The summed E-state index contributed by atoms with van der Waals surface area (Å²) in [5.41, 5.74) is 1.05. The third-order valence-electron chi connectivity index (χ3n) is 4.85. The van der Waals surface area contributed by atoms with Gasteiger partial charge < -0.3 is 4.98 Å². The van der Waals surface area contributed by atoms with Crippen molar-refractivity contribution in [3.05, 3.63) is 51.0 Å². The molecule has 1 aromatic carbocycles. The zero-order chi connectivity index (χ0) is 19.9. The van der Waals surface area contributed by atoms with Gasteiger partial charge in [-0.05, 0) is 30.5 Å². The minimum absolute atomic E-state index is 0.154. The number of nitrogens with one attached hydrogen (secondary N) is 1. The highest BCUT2D eigenvalue weighted by molar-refractivity contribution is 7.88. The van der Waals surface area contributed by atoms with E-state index in [1.165, 1.54) is 10.6 Å². The van der Waals surface area contributed by atoms with Gasteiger partial charge in [0, 0.05) is 24.0 Å². The Hall–Kier alpha value is -2.30. The van der Waals surface area contributed by atoms with E-state index >= 15 is 0 Å². The normalized spacial score (nSPS) is 18.6. The Balaban J connectivity index is 1.70. The Labute approximate surface area is 166 Å².